The van der Waals surface area contributed by atoms with Crippen molar-refractivity contribution in [2.24, 2.45) is 0 Å². The number of hydrogen-bond acceptors (Lipinski definition) is 6. The van der Waals surface area contributed by atoms with Crippen molar-refractivity contribution in [2.75, 3.05) is 18.8 Å². The van der Waals surface area contributed by atoms with Gasteiger partial charge in [0, 0.05) is 59.9 Å². The molecule has 6 rings (SSSR count). The first-order valence-corrected chi connectivity index (χ1v) is 12.3. The van der Waals surface area contributed by atoms with E-state index in [0.717, 1.165) is 16.5 Å². The fraction of sp³-hybridized carbons (Fsp3) is 0.259. The average molecular weight is 520 g/mol. The van der Waals surface area contributed by atoms with Crippen LogP contribution in [0.2, 0.25) is 5.02 Å². The van der Waals surface area contributed by atoms with Gasteiger partial charge in [-0.2, -0.15) is 0 Å². The van der Waals surface area contributed by atoms with E-state index in [-0.39, 0.29) is 11.5 Å². The average Bonchev–Trinajstić information content (AvgIpc) is 3.35. The molecule has 2 N–H and O–H groups in total. The lowest BCUT2D eigenvalue weighted by molar-refractivity contribution is -0.0389. The molecule has 0 aliphatic carbocycles. The van der Waals surface area contributed by atoms with Crippen molar-refractivity contribution >= 4 is 40.2 Å². The third-order valence-electron chi connectivity index (χ3n) is 7.27. The van der Waals surface area contributed by atoms with Gasteiger partial charge in [0.1, 0.15) is 23.1 Å². The smallest absolute Gasteiger partial charge is 0.339 e. The summed E-state index contributed by atoms with van der Waals surface area (Å²) in [5.41, 5.74) is 8.31. The van der Waals surface area contributed by atoms with Gasteiger partial charge in [-0.15, -0.1) is 0 Å². The van der Waals surface area contributed by atoms with Gasteiger partial charge in [-0.3, -0.25) is 4.79 Å². The van der Waals surface area contributed by atoms with E-state index in [4.69, 9.17) is 22.1 Å². The molecule has 4 heterocycles. The third-order valence-corrected chi connectivity index (χ3v) is 7.51. The molecule has 2 aliphatic heterocycles. The Kier molecular flexibility index (Phi) is 5.41. The van der Waals surface area contributed by atoms with Crippen LogP contribution in [0, 0.1) is 12.7 Å². The quantitative estimate of drug-likeness (QED) is 0.401. The summed E-state index contributed by atoms with van der Waals surface area (Å²) in [6, 6.07) is 9.59. The first-order valence-electron chi connectivity index (χ1n) is 11.9. The second-order valence-corrected chi connectivity index (χ2v) is 9.96. The standard InChI is InChI=1S/C27H23ClFN5O3/c1-15-31-12-16(24(30)32-15)13-34-14-21(19-4-2-17(28)10-23(19)34)25(35)33-8-6-27(7-9-33)22-5-3-18(29)11-20(22)26(36)37-27/h2-5,10-12,14H,6-9,13H2,1H3,(H2,30,31,32). The van der Waals surface area contributed by atoms with Crippen LogP contribution in [0.5, 0.6) is 0 Å². The normalized spacial score (nSPS) is 16.3. The minimum Gasteiger partial charge on any atom is -0.450 e. The Morgan fingerprint density at radius 2 is 2.00 bits per heavy atom. The van der Waals surface area contributed by atoms with E-state index in [2.05, 4.69) is 9.97 Å². The maximum Gasteiger partial charge on any atom is 0.339 e. The lowest BCUT2D eigenvalue weighted by atomic mass is 9.83. The third kappa shape index (κ3) is 3.90. The zero-order valence-corrected chi connectivity index (χ0v) is 20.8. The molecule has 1 spiro atoms. The number of amides is 1. The topological polar surface area (TPSA) is 103 Å². The van der Waals surface area contributed by atoms with Crippen molar-refractivity contribution in [3.63, 3.8) is 0 Å². The van der Waals surface area contributed by atoms with Gasteiger partial charge in [0.05, 0.1) is 23.2 Å². The number of esters is 1. The Labute approximate surface area is 216 Å². The van der Waals surface area contributed by atoms with E-state index in [1.54, 1.807) is 36.4 Å². The Balaban J connectivity index is 1.29. The Morgan fingerprint density at radius 1 is 1.22 bits per heavy atom. The molecule has 1 amide bonds. The molecule has 10 heteroatoms. The number of rotatable bonds is 3. The summed E-state index contributed by atoms with van der Waals surface area (Å²) in [4.78, 5) is 36.4. The molecular formula is C27H23ClFN5O3. The van der Waals surface area contributed by atoms with E-state index in [0.29, 0.717) is 60.3 Å². The van der Waals surface area contributed by atoms with Gasteiger partial charge < -0.3 is 19.9 Å². The van der Waals surface area contributed by atoms with Crippen LogP contribution in [-0.2, 0) is 16.9 Å². The van der Waals surface area contributed by atoms with Crippen LogP contribution in [-0.4, -0.2) is 44.4 Å². The van der Waals surface area contributed by atoms with Gasteiger partial charge in [0.2, 0.25) is 0 Å². The summed E-state index contributed by atoms with van der Waals surface area (Å²) in [5.74, 6) is -0.153. The minimum absolute atomic E-state index is 0.127. The maximum absolute atomic E-state index is 13.7. The summed E-state index contributed by atoms with van der Waals surface area (Å²) in [5, 5.41) is 1.33. The number of benzene rings is 2. The van der Waals surface area contributed by atoms with Crippen molar-refractivity contribution in [3.05, 3.63) is 87.7 Å². The second kappa shape index (κ2) is 8.55. The monoisotopic (exact) mass is 519 g/mol. The van der Waals surface area contributed by atoms with E-state index in [1.165, 1.54) is 12.1 Å². The highest BCUT2D eigenvalue weighted by Gasteiger charge is 2.48. The second-order valence-electron chi connectivity index (χ2n) is 9.53. The van der Waals surface area contributed by atoms with Crippen LogP contribution < -0.4 is 5.73 Å². The number of piperidine rings is 1. The van der Waals surface area contributed by atoms with Crippen molar-refractivity contribution in [1.82, 2.24) is 19.4 Å². The fourth-order valence-corrected chi connectivity index (χ4v) is 5.53. The number of likely N-dealkylation sites (tertiary alicyclic amines) is 1. The highest BCUT2D eigenvalue weighted by Crippen LogP contribution is 2.44. The summed E-state index contributed by atoms with van der Waals surface area (Å²) in [6.07, 6.45) is 4.36. The SMILES string of the molecule is Cc1ncc(Cn2cc(C(=O)N3CCC4(CC3)OC(=O)c3cc(F)ccc34)c3ccc(Cl)cc32)c(N)n1. The molecule has 2 aromatic carbocycles. The van der Waals surface area contributed by atoms with Gasteiger partial charge in [-0.05, 0) is 31.2 Å². The van der Waals surface area contributed by atoms with Crippen LogP contribution in [0.3, 0.4) is 0 Å². The van der Waals surface area contributed by atoms with Gasteiger partial charge >= 0.3 is 5.97 Å². The van der Waals surface area contributed by atoms with Crippen LogP contribution >= 0.6 is 11.6 Å². The molecule has 37 heavy (non-hydrogen) atoms. The van der Waals surface area contributed by atoms with Gasteiger partial charge in [-0.1, -0.05) is 23.7 Å². The van der Waals surface area contributed by atoms with Crippen molar-refractivity contribution in [3.8, 4) is 0 Å². The number of hydrogen-bond donors (Lipinski definition) is 1. The number of halogens is 2. The number of nitrogens with two attached hydrogens (primary N) is 1. The van der Waals surface area contributed by atoms with Crippen LogP contribution in [0.25, 0.3) is 10.9 Å². The Morgan fingerprint density at radius 3 is 2.76 bits per heavy atom. The molecule has 4 aromatic rings. The first kappa shape index (κ1) is 23.4. The number of ether oxygens (including phenoxy) is 1. The van der Waals surface area contributed by atoms with Crippen LogP contribution in [0.1, 0.15) is 50.5 Å². The van der Waals surface area contributed by atoms with Gasteiger partial charge in [0.15, 0.2) is 0 Å². The zero-order valence-electron chi connectivity index (χ0n) is 20.0. The van der Waals surface area contributed by atoms with Crippen LogP contribution in [0.15, 0.2) is 48.8 Å². The first-order chi connectivity index (χ1) is 17.7. The largest absolute Gasteiger partial charge is 0.450 e. The van der Waals surface area contributed by atoms with E-state index in [1.807, 2.05) is 16.7 Å². The zero-order chi connectivity index (χ0) is 25.9. The molecule has 8 nitrogen and oxygen atoms in total. The number of carbonyl (C=O) groups is 2. The van der Waals surface area contributed by atoms with E-state index in [9.17, 15) is 14.0 Å². The molecule has 0 radical (unpaired) electrons. The molecule has 1 fully saturated rings. The lowest BCUT2D eigenvalue weighted by Crippen LogP contribution is -2.45. The number of aromatic nitrogens is 3. The van der Waals surface area contributed by atoms with Crippen LogP contribution in [0.4, 0.5) is 10.2 Å². The number of carbonyl (C=O) groups excluding carboxylic acids is 2. The molecule has 1 saturated heterocycles. The predicted octanol–water partition coefficient (Wildman–Crippen LogP) is 4.46. The summed E-state index contributed by atoms with van der Waals surface area (Å²) in [7, 11) is 0. The predicted molar refractivity (Wildman–Crippen MR) is 136 cm³/mol. The molecule has 188 valence electrons. The molecule has 0 atom stereocenters. The van der Waals surface area contributed by atoms with Gasteiger partial charge in [0.25, 0.3) is 5.91 Å². The Bertz CT molecular complexity index is 1590. The van der Waals surface area contributed by atoms with Crippen molar-refractivity contribution in [2.45, 2.75) is 31.9 Å². The number of anilines is 1. The fourth-order valence-electron chi connectivity index (χ4n) is 5.37. The molecule has 2 aromatic heterocycles. The number of fused-ring (bicyclic) bond motifs is 3. The van der Waals surface area contributed by atoms with Crippen molar-refractivity contribution in [1.29, 1.82) is 0 Å². The van der Waals surface area contributed by atoms with E-state index >= 15 is 0 Å². The maximum atomic E-state index is 13.7. The molecule has 0 unspecified atom stereocenters. The van der Waals surface area contributed by atoms with Crippen molar-refractivity contribution < 1.29 is 18.7 Å². The molecule has 2 aliphatic rings. The summed E-state index contributed by atoms with van der Waals surface area (Å²) < 4.78 is 21.4. The lowest BCUT2D eigenvalue weighted by Gasteiger charge is -2.38. The van der Waals surface area contributed by atoms with E-state index < -0.39 is 17.4 Å². The summed E-state index contributed by atoms with van der Waals surface area (Å²) in [6.45, 7) is 2.93. The number of nitrogens with zero attached hydrogens (tertiary/aromatic N) is 4. The number of aryl methyl sites for hydroxylation is 1. The molecule has 0 bridgehead atoms. The highest BCUT2D eigenvalue weighted by molar-refractivity contribution is 6.31. The highest BCUT2D eigenvalue weighted by atomic mass is 35.5. The molecule has 0 saturated carbocycles. The summed E-state index contributed by atoms with van der Waals surface area (Å²) >= 11 is 6.29. The Hall–Kier alpha value is -3.98. The minimum atomic E-state index is -0.832. The van der Waals surface area contributed by atoms with Gasteiger partial charge in [-0.25, -0.2) is 19.2 Å². The molecular weight excluding hydrogens is 497 g/mol. The number of nitrogen functional groups attached to an aromatic ring is 1.